The van der Waals surface area contributed by atoms with Crippen LogP contribution in [0.3, 0.4) is 0 Å². The van der Waals surface area contributed by atoms with Crippen molar-refractivity contribution in [2.75, 3.05) is 39.4 Å². The van der Waals surface area contributed by atoms with Gasteiger partial charge in [0.15, 0.2) is 0 Å². The number of primary amides is 1. The van der Waals surface area contributed by atoms with Crippen molar-refractivity contribution in [1.29, 1.82) is 0 Å². The summed E-state index contributed by atoms with van der Waals surface area (Å²) in [6.45, 7) is 11.6. The van der Waals surface area contributed by atoms with Gasteiger partial charge in [0.25, 0.3) is 5.91 Å². The first-order chi connectivity index (χ1) is 24.2. The van der Waals surface area contributed by atoms with Crippen LogP contribution in [0.25, 0.3) is 11.3 Å². The summed E-state index contributed by atoms with van der Waals surface area (Å²) in [5.74, 6) is 0.00302. The normalized spacial score (nSPS) is 17.7. The van der Waals surface area contributed by atoms with Crippen LogP contribution in [0.1, 0.15) is 61.4 Å². The molecule has 260 valence electrons. The minimum absolute atomic E-state index is 0.000529. The fraction of sp³-hybridized carbons (Fsp3) is 0.390. The van der Waals surface area contributed by atoms with Gasteiger partial charge in [-0.3, -0.25) is 19.1 Å². The van der Waals surface area contributed by atoms with Gasteiger partial charge in [0, 0.05) is 62.1 Å². The Morgan fingerprint density at radius 1 is 0.820 bits per heavy atom. The predicted octanol–water partition coefficient (Wildman–Crippen LogP) is 5.42. The zero-order chi connectivity index (χ0) is 34.9. The van der Waals surface area contributed by atoms with Crippen LogP contribution >= 0.6 is 0 Å². The van der Waals surface area contributed by atoms with Crippen LogP contribution in [-0.4, -0.2) is 82.5 Å². The Bertz CT molecular complexity index is 1930. The van der Waals surface area contributed by atoms with Gasteiger partial charge in [-0.25, -0.2) is 4.79 Å². The molecule has 50 heavy (non-hydrogen) atoms. The molecule has 4 aromatic rings. The Kier molecular flexibility index (Phi) is 9.62. The number of nitrogens with two attached hydrogens (primary N) is 1. The average Bonchev–Trinajstić information content (AvgIpc) is 3.37. The molecule has 0 spiro atoms. The van der Waals surface area contributed by atoms with Crippen molar-refractivity contribution < 1.29 is 19.1 Å². The minimum atomic E-state index is -0.571. The van der Waals surface area contributed by atoms with E-state index in [-0.39, 0.29) is 17.9 Å². The van der Waals surface area contributed by atoms with E-state index in [0.29, 0.717) is 43.7 Å². The van der Waals surface area contributed by atoms with Crippen molar-refractivity contribution in [2.24, 2.45) is 5.73 Å². The molecule has 9 heteroatoms. The van der Waals surface area contributed by atoms with Crippen molar-refractivity contribution in [3.05, 3.63) is 117 Å². The monoisotopic (exact) mass is 673 g/mol. The number of fused-ring (bicyclic) bond motifs is 2. The van der Waals surface area contributed by atoms with E-state index in [1.807, 2.05) is 73.0 Å². The molecule has 2 N–H and O–H groups in total. The molecule has 3 amide bonds. The first kappa shape index (κ1) is 33.8. The van der Waals surface area contributed by atoms with E-state index in [9.17, 15) is 9.59 Å². The van der Waals surface area contributed by atoms with Gasteiger partial charge in [0.1, 0.15) is 0 Å². The van der Waals surface area contributed by atoms with E-state index in [0.717, 1.165) is 90.3 Å². The summed E-state index contributed by atoms with van der Waals surface area (Å²) in [5.41, 5.74) is 16.1. The Labute approximate surface area is 294 Å². The molecule has 0 unspecified atom stereocenters. The second kappa shape index (κ2) is 14.2. The summed E-state index contributed by atoms with van der Waals surface area (Å²) in [4.78, 5) is 48.0. The smallest absolute Gasteiger partial charge is 0.323 e. The Hall–Kier alpha value is -4.73. The lowest BCUT2D eigenvalue weighted by atomic mass is 9.88. The topological polar surface area (TPSA) is 101 Å². The first-order valence-electron chi connectivity index (χ1n) is 17.8. The van der Waals surface area contributed by atoms with E-state index in [1.54, 1.807) is 4.57 Å². The fourth-order valence-corrected chi connectivity index (χ4v) is 8.02. The molecule has 1 aromatic heterocycles. The van der Waals surface area contributed by atoms with E-state index in [2.05, 4.69) is 29.2 Å². The van der Waals surface area contributed by atoms with E-state index in [1.165, 1.54) is 5.56 Å². The number of hydrogen-bond acceptors (Lipinski definition) is 5. The van der Waals surface area contributed by atoms with Crippen LogP contribution < -0.4 is 5.73 Å². The lowest BCUT2D eigenvalue weighted by Crippen LogP contribution is -2.47. The Balaban J connectivity index is 1.29. The molecule has 3 aliphatic heterocycles. The lowest BCUT2D eigenvalue weighted by Gasteiger charge is -2.39. The SMILES string of the molecule is Cc1c(C)c(-c2cc3c(cc2C(=O)N2Cc4ccccc4C[C@H]2CCN2CCOCC2)CN(C(=O)Cc2ccccc2)CC3)n(C(N)=O)c1C. The quantitative estimate of drug-likeness (QED) is 0.282. The van der Waals surface area contributed by atoms with E-state index < -0.39 is 6.03 Å². The molecule has 0 saturated carbocycles. The van der Waals surface area contributed by atoms with Crippen LogP contribution in [0, 0.1) is 20.8 Å². The van der Waals surface area contributed by atoms with E-state index >= 15 is 4.79 Å². The minimum Gasteiger partial charge on any atom is -0.379 e. The maximum absolute atomic E-state index is 15.2. The van der Waals surface area contributed by atoms with Crippen molar-refractivity contribution in [1.82, 2.24) is 19.3 Å². The van der Waals surface area contributed by atoms with Crippen LogP contribution in [0.2, 0.25) is 0 Å². The second-order valence-electron chi connectivity index (χ2n) is 14.1. The van der Waals surface area contributed by atoms with Crippen molar-refractivity contribution in [3.63, 3.8) is 0 Å². The molecule has 7 rings (SSSR count). The average molecular weight is 674 g/mol. The predicted molar refractivity (Wildman–Crippen MR) is 194 cm³/mol. The molecule has 0 bridgehead atoms. The highest BCUT2D eigenvalue weighted by molar-refractivity contribution is 6.03. The molecular weight excluding hydrogens is 626 g/mol. The van der Waals surface area contributed by atoms with Gasteiger partial charge in [-0.15, -0.1) is 0 Å². The third kappa shape index (κ3) is 6.60. The third-order valence-electron chi connectivity index (χ3n) is 11.1. The van der Waals surface area contributed by atoms with Crippen molar-refractivity contribution in [3.8, 4) is 11.3 Å². The summed E-state index contributed by atoms with van der Waals surface area (Å²) in [6, 6.07) is 21.7. The van der Waals surface area contributed by atoms with Crippen LogP contribution in [0.15, 0.2) is 66.7 Å². The highest BCUT2D eigenvalue weighted by atomic mass is 16.5. The number of carbonyl (C=O) groups is 3. The van der Waals surface area contributed by atoms with Gasteiger partial charge in [-0.2, -0.15) is 0 Å². The van der Waals surface area contributed by atoms with Crippen LogP contribution in [-0.2, 0) is 41.9 Å². The fourth-order valence-electron chi connectivity index (χ4n) is 8.02. The van der Waals surface area contributed by atoms with Gasteiger partial charge in [-0.1, -0.05) is 54.6 Å². The highest BCUT2D eigenvalue weighted by Gasteiger charge is 2.34. The van der Waals surface area contributed by atoms with Crippen molar-refractivity contribution >= 4 is 17.8 Å². The zero-order valence-electron chi connectivity index (χ0n) is 29.4. The van der Waals surface area contributed by atoms with Gasteiger partial charge in [0.05, 0.1) is 25.3 Å². The number of rotatable bonds is 7. The molecule has 3 aromatic carbocycles. The maximum atomic E-state index is 15.2. The summed E-state index contributed by atoms with van der Waals surface area (Å²) >= 11 is 0. The molecule has 1 fully saturated rings. The van der Waals surface area contributed by atoms with Crippen LogP contribution in [0.5, 0.6) is 0 Å². The van der Waals surface area contributed by atoms with Gasteiger partial charge in [0.2, 0.25) is 5.91 Å². The molecule has 0 radical (unpaired) electrons. The number of carbonyl (C=O) groups excluding carboxylic acids is 3. The van der Waals surface area contributed by atoms with Gasteiger partial charge < -0.3 is 20.3 Å². The number of nitrogens with zero attached hydrogens (tertiary/aromatic N) is 4. The number of benzene rings is 3. The van der Waals surface area contributed by atoms with Crippen LogP contribution in [0.4, 0.5) is 4.79 Å². The molecule has 3 aliphatic rings. The molecule has 9 nitrogen and oxygen atoms in total. The Morgan fingerprint density at radius 3 is 2.28 bits per heavy atom. The number of amides is 3. The summed E-state index contributed by atoms with van der Waals surface area (Å²) in [5, 5.41) is 0. The molecule has 4 heterocycles. The summed E-state index contributed by atoms with van der Waals surface area (Å²) in [7, 11) is 0. The molecule has 1 atom stereocenters. The van der Waals surface area contributed by atoms with Gasteiger partial charge in [-0.05, 0) is 91.1 Å². The van der Waals surface area contributed by atoms with Gasteiger partial charge >= 0.3 is 6.03 Å². The summed E-state index contributed by atoms with van der Waals surface area (Å²) in [6.07, 6.45) is 2.62. The number of ether oxygens (including phenoxy) is 1. The van der Waals surface area contributed by atoms with Crippen molar-refractivity contribution in [2.45, 2.75) is 65.6 Å². The zero-order valence-corrected chi connectivity index (χ0v) is 29.4. The standard InChI is InChI=1S/C41H47N5O4/c1-27-28(2)39(46(29(27)3)41(42)49)36-23-32-13-16-44(38(47)21-30-9-5-4-6-10-30)25-34(32)24-37(36)40(48)45-26-33-12-8-7-11-31(33)22-35(45)14-15-43-17-19-50-20-18-43/h4-12,23-24,35H,13-22,25-26H2,1-3H3,(H2,42,49)/t35-/m1/s1. The second-order valence-corrected chi connectivity index (χ2v) is 14.1. The molecular formula is C41H47N5O4. The lowest BCUT2D eigenvalue weighted by molar-refractivity contribution is -0.131. The molecule has 0 aliphatic carbocycles. The number of hydrogen-bond donors (Lipinski definition) is 1. The first-order valence-corrected chi connectivity index (χ1v) is 17.8. The third-order valence-corrected chi connectivity index (χ3v) is 11.1. The number of morpholine rings is 1. The number of aromatic nitrogens is 1. The van der Waals surface area contributed by atoms with E-state index in [4.69, 9.17) is 10.5 Å². The largest absolute Gasteiger partial charge is 0.379 e. The Morgan fingerprint density at radius 2 is 1.54 bits per heavy atom. The maximum Gasteiger partial charge on any atom is 0.323 e. The summed E-state index contributed by atoms with van der Waals surface area (Å²) < 4.78 is 7.15. The molecule has 1 saturated heterocycles. The highest BCUT2D eigenvalue weighted by Crippen LogP contribution is 2.38.